The second-order valence-electron chi connectivity index (χ2n) is 4.73. The lowest BCUT2D eigenvalue weighted by molar-refractivity contribution is -0.137. The smallest absolute Gasteiger partial charge is 0.423 e. The van der Waals surface area contributed by atoms with Crippen LogP contribution in [0, 0.1) is 0 Å². The van der Waals surface area contributed by atoms with Gasteiger partial charge in [-0.15, -0.1) is 0 Å². The zero-order chi connectivity index (χ0) is 15.8. The summed E-state index contributed by atoms with van der Waals surface area (Å²) >= 11 is 0. The lowest BCUT2D eigenvalue weighted by Gasteiger charge is -2.18. The zero-order valence-corrected chi connectivity index (χ0v) is 11.7. The second-order valence-corrected chi connectivity index (χ2v) is 6.67. The molecule has 0 bridgehead atoms. The first-order chi connectivity index (χ1) is 9.64. The maximum absolute atomic E-state index is 12.9. The molecular weight excluding hydrogens is 310 g/mol. The van der Waals surface area contributed by atoms with Crippen LogP contribution in [0.1, 0.15) is 18.4 Å². The summed E-state index contributed by atoms with van der Waals surface area (Å²) in [6.45, 7) is 0.544. The maximum Gasteiger partial charge on any atom is 0.489 e. The van der Waals surface area contributed by atoms with Crippen LogP contribution in [0.5, 0.6) is 0 Å². The van der Waals surface area contributed by atoms with E-state index in [1.165, 1.54) is 0 Å². The predicted octanol–water partition coefficient (Wildman–Crippen LogP) is 0.170. The van der Waals surface area contributed by atoms with Crippen LogP contribution >= 0.6 is 0 Å². The van der Waals surface area contributed by atoms with Crippen molar-refractivity contribution in [2.24, 2.45) is 0 Å². The molecule has 5 nitrogen and oxygen atoms in total. The molecule has 0 spiro atoms. The molecule has 1 saturated heterocycles. The van der Waals surface area contributed by atoms with E-state index in [0.717, 1.165) is 16.4 Å². The molecule has 10 heteroatoms. The molecule has 0 unspecified atom stereocenters. The monoisotopic (exact) mass is 323 g/mol. The predicted molar refractivity (Wildman–Crippen MR) is 69.3 cm³/mol. The van der Waals surface area contributed by atoms with E-state index < -0.39 is 39.2 Å². The Balaban J connectivity index is 2.52. The standard InChI is InChI=1S/C11H13BF3NO4S/c13-11(14,15)9-7-8(3-4-10(9)12(17)18)21(19,20)16-5-1-2-6-16/h3-4,7,17-18H,1-2,5-6H2. The Kier molecular flexibility index (Phi) is 4.34. The first kappa shape index (κ1) is 16.3. The Labute approximate surface area is 120 Å². The van der Waals surface area contributed by atoms with Crippen LogP contribution in [-0.2, 0) is 16.2 Å². The fourth-order valence-corrected chi connectivity index (χ4v) is 3.79. The molecule has 1 aliphatic rings. The molecule has 0 atom stereocenters. The zero-order valence-electron chi connectivity index (χ0n) is 10.8. The minimum Gasteiger partial charge on any atom is -0.423 e. The largest absolute Gasteiger partial charge is 0.489 e. The fraction of sp³-hybridized carbons (Fsp3) is 0.455. The van der Waals surface area contributed by atoms with E-state index in [2.05, 4.69) is 0 Å². The molecule has 0 radical (unpaired) electrons. The third-order valence-corrected chi connectivity index (χ3v) is 5.21. The summed E-state index contributed by atoms with van der Waals surface area (Å²) in [6.07, 6.45) is -3.55. The Morgan fingerprint density at radius 2 is 1.71 bits per heavy atom. The van der Waals surface area contributed by atoms with Crippen molar-refractivity contribution in [3.63, 3.8) is 0 Å². The summed E-state index contributed by atoms with van der Waals surface area (Å²) < 4.78 is 64.3. The minimum absolute atomic E-state index is 0.272. The lowest BCUT2D eigenvalue weighted by atomic mass is 9.77. The van der Waals surface area contributed by atoms with Crippen LogP contribution in [0.25, 0.3) is 0 Å². The molecule has 0 amide bonds. The van der Waals surface area contributed by atoms with E-state index in [9.17, 15) is 21.6 Å². The summed E-state index contributed by atoms with van der Waals surface area (Å²) in [5.41, 5.74) is -2.14. The molecule has 21 heavy (non-hydrogen) atoms. The highest BCUT2D eigenvalue weighted by Gasteiger charge is 2.38. The van der Waals surface area contributed by atoms with E-state index in [-0.39, 0.29) is 13.1 Å². The Hall–Kier alpha value is -1.10. The molecule has 1 heterocycles. The highest BCUT2D eigenvalue weighted by molar-refractivity contribution is 7.89. The fourth-order valence-electron chi connectivity index (χ4n) is 2.24. The number of nitrogens with zero attached hydrogens (tertiary/aromatic N) is 1. The van der Waals surface area contributed by atoms with Crippen LogP contribution in [-0.4, -0.2) is 43.0 Å². The van der Waals surface area contributed by atoms with E-state index in [1.54, 1.807) is 0 Å². The summed E-state index contributed by atoms with van der Waals surface area (Å²) in [7, 11) is -6.32. The normalized spacial score (nSPS) is 17.2. The van der Waals surface area contributed by atoms with Crippen LogP contribution in [0.2, 0.25) is 0 Å². The number of rotatable bonds is 3. The Morgan fingerprint density at radius 1 is 1.14 bits per heavy atom. The number of halogens is 3. The van der Waals surface area contributed by atoms with Crippen LogP contribution < -0.4 is 5.46 Å². The van der Waals surface area contributed by atoms with Gasteiger partial charge in [0.15, 0.2) is 0 Å². The molecular formula is C11H13BF3NO4S. The van der Waals surface area contributed by atoms with Gasteiger partial charge in [-0.05, 0) is 30.4 Å². The van der Waals surface area contributed by atoms with Crippen molar-refractivity contribution in [3.05, 3.63) is 23.8 Å². The van der Waals surface area contributed by atoms with Gasteiger partial charge in [-0.2, -0.15) is 17.5 Å². The minimum atomic E-state index is -4.88. The molecule has 1 aromatic rings. The van der Waals surface area contributed by atoms with Crippen molar-refractivity contribution in [1.29, 1.82) is 0 Å². The van der Waals surface area contributed by atoms with Crippen molar-refractivity contribution in [2.75, 3.05) is 13.1 Å². The van der Waals surface area contributed by atoms with Crippen LogP contribution in [0.15, 0.2) is 23.1 Å². The molecule has 1 aromatic carbocycles. The number of sulfonamides is 1. The highest BCUT2D eigenvalue weighted by Crippen LogP contribution is 2.31. The van der Waals surface area contributed by atoms with Crippen molar-refractivity contribution in [3.8, 4) is 0 Å². The topological polar surface area (TPSA) is 77.8 Å². The summed E-state index contributed by atoms with van der Waals surface area (Å²) in [4.78, 5) is -0.499. The van der Waals surface area contributed by atoms with Gasteiger partial charge in [0, 0.05) is 13.1 Å². The molecule has 1 aliphatic heterocycles. The maximum atomic E-state index is 12.9. The average molecular weight is 323 g/mol. The van der Waals surface area contributed by atoms with Gasteiger partial charge >= 0.3 is 13.3 Å². The van der Waals surface area contributed by atoms with Gasteiger partial charge in [-0.25, -0.2) is 8.42 Å². The van der Waals surface area contributed by atoms with Gasteiger partial charge in [0.2, 0.25) is 10.0 Å². The van der Waals surface area contributed by atoms with Gasteiger partial charge in [0.1, 0.15) is 0 Å². The van der Waals surface area contributed by atoms with Gasteiger partial charge in [-0.1, -0.05) is 6.07 Å². The van der Waals surface area contributed by atoms with Crippen molar-refractivity contribution >= 4 is 22.6 Å². The first-order valence-corrected chi connectivity index (χ1v) is 7.65. The van der Waals surface area contributed by atoms with E-state index in [1.807, 2.05) is 0 Å². The third kappa shape index (κ3) is 3.23. The third-order valence-electron chi connectivity index (χ3n) is 3.31. The summed E-state index contributed by atoms with van der Waals surface area (Å²) in [6, 6.07) is 2.18. The SMILES string of the molecule is O=S(=O)(c1ccc(B(O)O)c(C(F)(F)F)c1)N1CCCC1. The van der Waals surface area contributed by atoms with Crippen LogP contribution in [0.3, 0.4) is 0 Å². The van der Waals surface area contributed by atoms with E-state index in [4.69, 9.17) is 10.0 Å². The Morgan fingerprint density at radius 3 is 2.19 bits per heavy atom. The second kappa shape index (κ2) is 5.60. The molecule has 2 N–H and O–H groups in total. The molecule has 1 fully saturated rings. The van der Waals surface area contributed by atoms with E-state index in [0.29, 0.717) is 18.9 Å². The molecule has 116 valence electrons. The van der Waals surface area contributed by atoms with Gasteiger partial charge in [0.25, 0.3) is 0 Å². The van der Waals surface area contributed by atoms with Crippen molar-refractivity contribution < 1.29 is 31.6 Å². The molecule has 0 aromatic heterocycles. The molecule has 0 aliphatic carbocycles. The van der Waals surface area contributed by atoms with Gasteiger partial charge in [0.05, 0.1) is 10.5 Å². The van der Waals surface area contributed by atoms with Gasteiger partial charge in [-0.3, -0.25) is 0 Å². The van der Waals surface area contributed by atoms with Crippen molar-refractivity contribution in [2.45, 2.75) is 23.9 Å². The van der Waals surface area contributed by atoms with Gasteiger partial charge < -0.3 is 10.0 Å². The number of benzene rings is 1. The highest BCUT2D eigenvalue weighted by atomic mass is 32.2. The number of hydrogen-bond acceptors (Lipinski definition) is 4. The summed E-state index contributed by atoms with van der Waals surface area (Å²) in [5.74, 6) is 0. The molecule has 2 rings (SSSR count). The number of hydrogen-bond donors (Lipinski definition) is 2. The first-order valence-electron chi connectivity index (χ1n) is 6.21. The summed E-state index contributed by atoms with van der Waals surface area (Å²) in [5, 5.41) is 17.9. The Bertz CT molecular complexity index is 627. The van der Waals surface area contributed by atoms with Crippen molar-refractivity contribution in [1.82, 2.24) is 4.31 Å². The van der Waals surface area contributed by atoms with E-state index >= 15 is 0 Å². The quantitative estimate of drug-likeness (QED) is 0.778. The molecule has 0 saturated carbocycles. The number of alkyl halides is 3. The lowest BCUT2D eigenvalue weighted by Crippen LogP contribution is -2.37. The average Bonchev–Trinajstić information content (AvgIpc) is 2.91. The van der Waals surface area contributed by atoms with Crippen LogP contribution in [0.4, 0.5) is 13.2 Å².